The van der Waals surface area contributed by atoms with Gasteiger partial charge >= 0.3 is 18.5 Å². The Bertz CT molecular complexity index is 1450. The van der Waals surface area contributed by atoms with Crippen molar-refractivity contribution < 1.29 is 70.9 Å². The molecule has 0 spiro atoms. The fraction of sp³-hybridized carbons (Fsp3) is 0.143. The predicted molar refractivity (Wildman–Crippen MR) is 103 cm³/mol. The van der Waals surface area contributed by atoms with Crippen LogP contribution in [0.15, 0.2) is 24.3 Å². The Balaban J connectivity index is 2.29. The zero-order valence-electron chi connectivity index (χ0n) is 18.1. The molecule has 4 N–H and O–H groups in total. The largest absolute Gasteiger partial charge is 0.453 e. The molecule has 0 aromatic heterocycles. The summed E-state index contributed by atoms with van der Waals surface area (Å²) in [4.78, 5) is 0. The van der Waals surface area contributed by atoms with Gasteiger partial charge in [-0.05, 0) is 0 Å². The van der Waals surface area contributed by atoms with E-state index in [2.05, 4.69) is 9.47 Å². The second kappa shape index (κ2) is 9.57. The third-order valence-electron chi connectivity index (χ3n) is 4.76. The van der Waals surface area contributed by atoms with E-state index in [1.165, 1.54) is 0 Å². The van der Waals surface area contributed by atoms with E-state index in [1.54, 1.807) is 0 Å². The monoisotopic (exact) mass is 586 g/mol. The molecule has 0 aliphatic rings. The smallest absolute Gasteiger partial charge is 0.422 e. The molecule has 0 heterocycles. The Morgan fingerprint density at radius 2 is 0.846 bits per heavy atom. The van der Waals surface area contributed by atoms with E-state index in [4.69, 9.17) is 11.5 Å². The van der Waals surface area contributed by atoms with Crippen molar-refractivity contribution in [1.82, 2.24) is 0 Å². The molecule has 39 heavy (non-hydrogen) atoms. The first kappa shape index (κ1) is 29.4. The van der Waals surface area contributed by atoms with Crippen LogP contribution in [0.25, 0.3) is 0 Å². The second-order valence-corrected chi connectivity index (χ2v) is 7.39. The number of hydrogen-bond acceptors (Lipinski definition) is 4. The van der Waals surface area contributed by atoms with Gasteiger partial charge in [-0.25, -0.2) is 22.0 Å². The van der Waals surface area contributed by atoms with Gasteiger partial charge in [-0.15, -0.1) is 0 Å². The Hall–Kier alpha value is -4.12. The van der Waals surface area contributed by atoms with E-state index in [-0.39, 0.29) is 24.3 Å². The van der Waals surface area contributed by atoms with Crippen LogP contribution in [0.4, 0.5) is 72.8 Å². The van der Waals surface area contributed by atoms with Crippen LogP contribution >= 0.6 is 0 Å². The van der Waals surface area contributed by atoms with Crippen LogP contribution in [0, 0.1) is 29.1 Å². The maximum atomic E-state index is 14.5. The second-order valence-electron chi connectivity index (χ2n) is 7.39. The normalized spacial score (nSPS) is 12.6. The summed E-state index contributed by atoms with van der Waals surface area (Å²) >= 11 is 0. The van der Waals surface area contributed by atoms with Gasteiger partial charge in [0.1, 0.15) is 45.6 Å². The first-order valence-electron chi connectivity index (χ1n) is 9.60. The van der Waals surface area contributed by atoms with Crippen molar-refractivity contribution in [2.24, 2.45) is 0 Å². The van der Waals surface area contributed by atoms with Crippen LogP contribution in [-0.2, 0) is 18.5 Å². The molecule has 4 nitrogen and oxygen atoms in total. The minimum atomic E-state index is -5.80. The molecule has 0 aliphatic carbocycles. The van der Waals surface area contributed by atoms with Gasteiger partial charge < -0.3 is 20.9 Å². The molecule has 0 saturated carbocycles. The van der Waals surface area contributed by atoms with E-state index < -0.39 is 98.7 Å². The van der Waals surface area contributed by atoms with Crippen LogP contribution in [-0.4, -0.2) is 0 Å². The average Bonchev–Trinajstić information content (AvgIpc) is 2.72. The fourth-order valence-electron chi connectivity index (χ4n) is 3.19. The lowest BCUT2D eigenvalue weighted by Crippen LogP contribution is -2.16. The Kier molecular flexibility index (Phi) is 7.22. The van der Waals surface area contributed by atoms with Crippen LogP contribution in [0.2, 0.25) is 0 Å². The van der Waals surface area contributed by atoms with Crippen molar-refractivity contribution >= 4 is 11.4 Å². The van der Waals surface area contributed by atoms with Crippen LogP contribution in [0.1, 0.15) is 16.7 Å². The molecular formula is C21H8F14N2O2. The standard InChI is InChI=1S/C21H8F14N2O2/c22-6-1-5(38-17-9(25)3-7(23)15(36)13(17)20(30,31)32)2-11(12(6)19(27,28)29)39-18-10(26)4-8(24)16(37)14(18)21(33,34)35/h1-4H,36-37H2. The molecule has 3 aromatic carbocycles. The van der Waals surface area contributed by atoms with Gasteiger partial charge in [-0.1, -0.05) is 0 Å². The maximum absolute atomic E-state index is 14.5. The molecule has 0 radical (unpaired) electrons. The molecule has 0 aliphatic heterocycles. The molecule has 0 unspecified atom stereocenters. The molecule has 3 aromatic rings. The SMILES string of the molecule is Nc1c(F)cc(F)c(Oc2cc(F)c(C(F)(F)F)c(Oc3c(F)cc(F)c(N)c3C(F)(F)F)c2)c1C(F)(F)F. The van der Waals surface area contributed by atoms with Crippen molar-refractivity contribution in [3.63, 3.8) is 0 Å². The van der Waals surface area contributed by atoms with Crippen LogP contribution < -0.4 is 20.9 Å². The minimum absolute atomic E-state index is 0.190. The van der Waals surface area contributed by atoms with Crippen molar-refractivity contribution in [3.8, 4) is 23.0 Å². The number of alkyl halides is 9. The van der Waals surface area contributed by atoms with Gasteiger partial charge in [0.05, 0.1) is 11.4 Å². The number of hydrogen-bond donors (Lipinski definition) is 2. The van der Waals surface area contributed by atoms with Gasteiger partial charge in [0.25, 0.3) is 0 Å². The van der Waals surface area contributed by atoms with Gasteiger partial charge in [0.2, 0.25) is 0 Å². The van der Waals surface area contributed by atoms with Crippen molar-refractivity contribution in [1.29, 1.82) is 0 Å². The lowest BCUT2D eigenvalue weighted by atomic mass is 10.1. The van der Waals surface area contributed by atoms with Crippen molar-refractivity contribution in [2.45, 2.75) is 18.5 Å². The summed E-state index contributed by atoms with van der Waals surface area (Å²) in [5.74, 6) is -18.5. The molecule has 0 atom stereocenters. The van der Waals surface area contributed by atoms with Crippen molar-refractivity contribution in [2.75, 3.05) is 11.5 Å². The van der Waals surface area contributed by atoms with Crippen LogP contribution in [0.5, 0.6) is 23.0 Å². The van der Waals surface area contributed by atoms with Gasteiger partial charge in [0.15, 0.2) is 23.1 Å². The third-order valence-corrected chi connectivity index (χ3v) is 4.76. The molecule has 18 heteroatoms. The molecule has 0 saturated heterocycles. The average molecular weight is 586 g/mol. The molecule has 0 bridgehead atoms. The van der Waals surface area contributed by atoms with Gasteiger partial charge in [-0.2, -0.15) is 39.5 Å². The Morgan fingerprint density at radius 1 is 0.462 bits per heavy atom. The van der Waals surface area contributed by atoms with E-state index >= 15 is 0 Å². The number of nitrogen functional groups attached to an aromatic ring is 2. The number of nitrogens with two attached hydrogens (primary N) is 2. The van der Waals surface area contributed by atoms with E-state index in [1.807, 2.05) is 0 Å². The van der Waals surface area contributed by atoms with Gasteiger partial charge in [0, 0.05) is 24.3 Å². The summed E-state index contributed by atoms with van der Waals surface area (Å²) in [6.07, 6.45) is -17.2. The number of ether oxygens (including phenoxy) is 2. The summed E-state index contributed by atoms with van der Waals surface area (Å²) in [5.41, 5.74) is -0.997. The third kappa shape index (κ3) is 5.68. The number of halogens is 14. The highest BCUT2D eigenvalue weighted by Gasteiger charge is 2.44. The zero-order valence-corrected chi connectivity index (χ0v) is 18.1. The van der Waals surface area contributed by atoms with Crippen molar-refractivity contribution in [3.05, 3.63) is 70.0 Å². The topological polar surface area (TPSA) is 70.5 Å². The summed E-state index contributed by atoms with van der Waals surface area (Å²) in [6, 6.07) is -1.00. The molecule has 3 rings (SSSR count). The summed E-state index contributed by atoms with van der Waals surface area (Å²) in [5, 5.41) is 0. The molecule has 212 valence electrons. The fourth-order valence-corrected chi connectivity index (χ4v) is 3.19. The highest BCUT2D eigenvalue weighted by atomic mass is 19.4. The van der Waals surface area contributed by atoms with E-state index in [0.717, 1.165) is 0 Å². The summed E-state index contributed by atoms with van der Waals surface area (Å²) in [6.45, 7) is 0. The quantitative estimate of drug-likeness (QED) is 0.239. The summed E-state index contributed by atoms with van der Waals surface area (Å²) < 4.78 is 200. The number of benzene rings is 3. The highest BCUT2D eigenvalue weighted by molar-refractivity contribution is 5.61. The van der Waals surface area contributed by atoms with Crippen LogP contribution in [0.3, 0.4) is 0 Å². The Labute approximate surface area is 206 Å². The first-order valence-corrected chi connectivity index (χ1v) is 9.60. The summed E-state index contributed by atoms with van der Waals surface area (Å²) in [7, 11) is 0. The highest BCUT2D eigenvalue weighted by Crippen LogP contribution is 2.49. The zero-order chi connectivity index (χ0) is 29.8. The van der Waals surface area contributed by atoms with Gasteiger partial charge in [-0.3, -0.25) is 0 Å². The van der Waals surface area contributed by atoms with E-state index in [9.17, 15) is 61.5 Å². The van der Waals surface area contributed by atoms with E-state index in [0.29, 0.717) is 0 Å². The maximum Gasteiger partial charge on any atom is 0.422 e. The Morgan fingerprint density at radius 3 is 1.23 bits per heavy atom. The number of rotatable bonds is 4. The molecule has 0 amide bonds. The predicted octanol–water partition coefficient (Wildman–Crippen LogP) is 8.19. The minimum Gasteiger partial charge on any atom is -0.453 e. The molecule has 0 fully saturated rings. The number of anilines is 2. The lowest BCUT2D eigenvalue weighted by molar-refractivity contribution is -0.141. The lowest BCUT2D eigenvalue weighted by Gasteiger charge is -2.21. The first-order chi connectivity index (χ1) is 17.6. The molecular weight excluding hydrogens is 578 g/mol.